The van der Waals surface area contributed by atoms with Crippen molar-refractivity contribution >= 4 is 5.69 Å². The number of fused-ring (bicyclic) bond motifs is 1. The van der Waals surface area contributed by atoms with E-state index in [0.717, 1.165) is 6.54 Å². The quantitative estimate of drug-likeness (QED) is 0.547. The minimum Gasteiger partial charge on any atom is -0.348 e. The zero-order valence-electron chi connectivity index (χ0n) is 11.1. The maximum Gasteiger partial charge on any atom is 0.144 e. The van der Waals surface area contributed by atoms with E-state index in [2.05, 4.69) is 73.4 Å². The first-order valence-corrected chi connectivity index (χ1v) is 6.33. The number of rotatable bonds is 1. The Morgan fingerprint density at radius 1 is 1.11 bits per heavy atom. The van der Waals surface area contributed by atoms with Gasteiger partial charge in [0.1, 0.15) is 12.4 Å². The lowest BCUT2D eigenvalue weighted by Gasteiger charge is -2.22. The number of hydrogen-bond acceptors (Lipinski definition) is 1. The zero-order valence-corrected chi connectivity index (χ0v) is 11.1. The van der Waals surface area contributed by atoms with Crippen LogP contribution in [0.2, 0.25) is 0 Å². The van der Waals surface area contributed by atoms with Gasteiger partial charge < -0.3 is 9.47 Å². The lowest BCUT2D eigenvalue weighted by Crippen LogP contribution is -2.33. The van der Waals surface area contributed by atoms with Crippen molar-refractivity contribution in [3.63, 3.8) is 0 Å². The van der Waals surface area contributed by atoms with Crippen molar-refractivity contribution in [1.82, 2.24) is 0 Å². The van der Waals surface area contributed by atoms with E-state index < -0.39 is 0 Å². The molecule has 0 N–H and O–H groups in total. The summed E-state index contributed by atoms with van der Waals surface area (Å²) >= 11 is 0. The smallest absolute Gasteiger partial charge is 0.144 e. The number of benzene rings is 1. The van der Waals surface area contributed by atoms with Crippen molar-refractivity contribution in [2.24, 2.45) is 0 Å². The van der Waals surface area contributed by atoms with Crippen molar-refractivity contribution in [3.8, 4) is 0 Å². The first-order chi connectivity index (χ1) is 8.65. The molecule has 0 atom stereocenters. The Kier molecular flexibility index (Phi) is 2.51. The number of anilines is 1. The molecular weight excluding hydrogens is 220 g/mol. The van der Waals surface area contributed by atoms with Gasteiger partial charge in [0, 0.05) is 5.69 Å². The molecule has 18 heavy (non-hydrogen) atoms. The summed E-state index contributed by atoms with van der Waals surface area (Å²) in [7, 11) is 0. The van der Waals surface area contributed by atoms with E-state index in [1.54, 1.807) is 0 Å². The lowest BCUT2D eigenvalue weighted by atomic mass is 10.0. The van der Waals surface area contributed by atoms with E-state index in [0.29, 0.717) is 0 Å². The zero-order chi connectivity index (χ0) is 12.7. The van der Waals surface area contributed by atoms with Crippen LogP contribution >= 0.6 is 0 Å². The van der Waals surface area contributed by atoms with Crippen LogP contribution in [0, 0.1) is 27.4 Å². The summed E-state index contributed by atoms with van der Waals surface area (Å²) in [5.41, 5.74) is 6.69. The average molecular weight is 238 g/mol. The highest BCUT2D eigenvalue weighted by molar-refractivity contribution is 5.61. The topological polar surface area (TPSA) is 7.12 Å². The first kappa shape index (κ1) is 11.1. The van der Waals surface area contributed by atoms with Crippen LogP contribution in [0.25, 0.3) is 0 Å². The molecule has 0 unspecified atom stereocenters. The van der Waals surface area contributed by atoms with Crippen molar-refractivity contribution in [3.05, 3.63) is 65.6 Å². The molecule has 1 aliphatic rings. The van der Waals surface area contributed by atoms with Crippen molar-refractivity contribution in [1.29, 1.82) is 0 Å². The van der Waals surface area contributed by atoms with Crippen LogP contribution in [-0.2, 0) is 6.54 Å². The Hall–Kier alpha value is -1.96. The van der Waals surface area contributed by atoms with Crippen molar-refractivity contribution in [2.75, 3.05) is 4.90 Å². The standard InChI is InChI=1S/C16H18N2/c1-12-8-13(2)16(14(3)9-12)18-10-15-6-4-5-7-17(15)11-18/h4-9,11H,10H2,1-3H3. The van der Waals surface area contributed by atoms with Crippen molar-refractivity contribution in [2.45, 2.75) is 27.3 Å². The van der Waals surface area contributed by atoms with Crippen LogP contribution in [0.5, 0.6) is 0 Å². The second-order valence-electron chi connectivity index (χ2n) is 5.09. The van der Waals surface area contributed by atoms with Gasteiger partial charge in [0.25, 0.3) is 0 Å². The van der Waals surface area contributed by atoms with Gasteiger partial charge in [-0.2, -0.15) is 0 Å². The van der Waals surface area contributed by atoms with Gasteiger partial charge in [0.15, 0.2) is 0 Å². The summed E-state index contributed by atoms with van der Waals surface area (Å²) in [5, 5.41) is 0. The second kappa shape index (κ2) is 4.05. The molecule has 2 aromatic rings. The molecule has 0 saturated carbocycles. The van der Waals surface area contributed by atoms with Crippen molar-refractivity contribution < 1.29 is 4.57 Å². The Morgan fingerprint density at radius 2 is 1.83 bits per heavy atom. The molecule has 0 bridgehead atoms. The van der Waals surface area contributed by atoms with E-state index in [4.69, 9.17) is 0 Å². The van der Waals surface area contributed by atoms with Gasteiger partial charge in [0.05, 0.1) is 12.7 Å². The van der Waals surface area contributed by atoms with E-state index in [9.17, 15) is 0 Å². The predicted octanol–water partition coefficient (Wildman–Crippen LogP) is 2.89. The fourth-order valence-corrected chi connectivity index (χ4v) is 2.87. The molecule has 0 amide bonds. The normalized spacial score (nSPS) is 13.4. The molecule has 92 valence electrons. The van der Waals surface area contributed by atoms with Crippen LogP contribution in [0.15, 0.2) is 36.5 Å². The summed E-state index contributed by atoms with van der Waals surface area (Å²) in [6.45, 7) is 9.67. The summed E-state index contributed by atoms with van der Waals surface area (Å²) < 4.78 is 2.19. The third kappa shape index (κ3) is 1.74. The SMILES string of the molecule is Cc1cc(C)c(N2[CH-][n+]3ccccc3C2)c(C)c1. The summed E-state index contributed by atoms with van der Waals surface area (Å²) in [6, 6.07) is 10.8. The highest BCUT2D eigenvalue weighted by atomic mass is 15.3. The van der Waals surface area contributed by atoms with Gasteiger partial charge >= 0.3 is 0 Å². The van der Waals surface area contributed by atoms with E-state index in [-0.39, 0.29) is 0 Å². The molecule has 2 heterocycles. The Bertz CT molecular complexity index is 554. The Balaban J connectivity index is 2.00. The van der Waals surface area contributed by atoms with Crippen LogP contribution in [0.4, 0.5) is 5.69 Å². The largest absolute Gasteiger partial charge is 0.348 e. The van der Waals surface area contributed by atoms with Crippen LogP contribution in [0.1, 0.15) is 22.4 Å². The van der Waals surface area contributed by atoms with Gasteiger partial charge in [-0.3, -0.25) is 0 Å². The van der Waals surface area contributed by atoms with Gasteiger partial charge in [-0.25, -0.2) is 0 Å². The van der Waals surface area contributed by atoms with Crippen LogP contribution < -0.4 is 9.47 Å². The van der Waals surface area contributed by atoms with Gasteiger partial charge in [0.2, 0.25) is 0 Å². The molecule has 1 aromatic heterocycles. The third-order valence-corrected chi connectivity index (χ3v) is 3.50. The summed E-state index contributed by atoms with van der Waals surface area (Å²) in [6.07, 6.45) is 2.11. The number of aryl methyl sites for hydroxylation is 3. The summed E-state index contributed by atoms with van der Waals surface area (Å²) in [4.78, 5) is 2.33. The molecular formula is C16H18N2. The molecule has 2 nitrogen and oxygen atoms in total. The van der Waals surface area contributed by atoms with E-state index >= 15 is 0 Å². The lowest BCUT2D eigenvalue weighted by molar-refractivity contribution is -0.630. The van der Waals surface area contributed by atoms with E-state index in [1.807, 2.05) is 0 Å². The van der Waals surface area contributed by atoms with Gasteiger partial charge in [-0.15, -0.1) is 0 Å². The minimum absolute atomic E-state index is 0.950. The minimum atomic E-state index is 0.950. The molecule has 1 aromatic carbocycles. The third-order valence-electron chi connectivity index (χ3n) is 3.50. The molecule has 0 saturated heterocycles. The molecule has 2 heteroatoms. The molecule has 0 fully saturated rings. The maximum absolute atomic E-state index is 2.33. The molecule has 0 aliphatic carbocycles. The molecule has 0 spiro atoms. The van der Waals surface area contributed by atoms with E-state index in [1.165, 1.54) is 28.1 Å². The number of hydrogen-bond donors (Lipinski definition) is 0. The monoisotopic (exact) mass is 238 g/mol. The Labute approximate surface area is 108 Å². The fourth-order valence-electron chi connectivity index (χ4n) is 2.87. The maximum atomic E-state index is 2.33. The average Bonchev–Trinajstić information content (AvgIpc) is 2.70. The highest BCUT2D eigenvalue weighted by Gasteiger charge is 2.21. The highest BCUT2D eigenvalue weighted by Crippen LogP contribution is 2.29. The first-order valence-electron chi connectivity index (χ1n) is 6.33. The molecule has 0 radical (unpaired) electrons. The fraction of sp³-hybridized carbons (Fsp3) is 0.250. The van der Waals surface area contributed by atoms with Crippen LogP contribution in [0.3, 0.4) is 0 Å². The number of aromatic nitrogens is 1. The molecule has 1 aliphatic heterocycles. The number of pyridine rings is 1. The predicted molar refractivity (Wildman–Crippen MR) is 73.2 cm³/mol. The second-order valence-corrected chi connectivity index (χ2v) is 5.09. The van der Waals surface area contributed by atoms with Gasteiger partial charge in [-0.05, 0) is 31.9 Å². The molecule has 3 rings (SSSR count). The van der Waals surface area contributed by atoms with Gasteiger partial charge in [-0.1, -0.05) is 35.9 Å². The summed E-state index contributed by atoms with van der Waals surface area (Å²) in [5.74, 6) is 0. The van der Waals surface area contributed by atoms with Crippen LogP contribution in [-0.4, -0.2) is 0 Å². The Morgan fingerprint density at radius 3 is 2.50 bits per heavy atom. The number of nitrogens with zero attached hydrogens (tertiary/aromatic N) is 2.